The fourth-order valence-electron chi connectivity index (χ4n) is 1.99. The summed E-state index contributed by atoms with van der Waals surface area (Å²) in [6.45, 7) is -0.875. The first-order valence-electron chi connectivity index (χ1n) is 6.33. The molecular formula is C13H16O9. The maximum atomic E-state index is 11.9. The molecule has 6 N–H and O–H groups in total. The van der Waals surface area contributed by atoms with Crippen LogP contribution in [0.5, 0.6) is 0 Å². The molecule has 9 nitrogen and oxygen atoms in total. The van der Waals surface area contributed by atoms with Crippen LogP contribution in [0.3, 0.4) is 0 Å². The predicted molar refractivity (Wildman–Crippen MR) is 67.9 cm³/mol. The summed E-state index contributed by atoms with van der Waals surface area (Å²) in [7, 11) is 0. The number of rotatable bonds is 3. The Labute approximate surface area is 124 Å². The van der Waals surface area contributed by atoms with Gasteiger partial charge in [0.2, 0.25) is 0 Å². The van der Waals surface area contributed by atoms with E-state index in [-0.39, 0.29) is 5.56 Å². The molecule has 1 aliphatic rings. The largest absolute Gasteiger partial charge is 0.400 e. The van der Waals surface area contributed by atoms with Gasteiger partial charge in [-0.3, -0.25) is 0 Å². The molecule has 22 heavy (non-hydrogen) atoms. The van der Waals surface area contributed by atoms with Gasteiger partial charge in [0.05, 0.1) is 12.2 Å². The van der Waals surface area contributed by atoms with Gasteiger partial charge in [0.15, 0.2) is 0 Å². The molecule has 0 bridgehead atoms. The lowest BCUT2D eigenvalue weighted by atomic mass is 9.94. The lowest BCUT2D eigenvalue weighted by Crippen LogP contribution is -2.74. The minimum Gasteiger partial charge on any atom is -0.400 e. The highest BCUT2D eigenvalue weighted by Gasteiger charge is 2.66. The average Bonchev–Trinajstić information content (AvgIpc) is 2.50. The molecule has 0 aromatic heterocycles. The molecule has 4 atom stereocenters. The van der Waals surface area contributed by atoms with Crippen molar-refractivity contribution in [3.63, 3.8) is 0 Å². The molecule has 0 spiro atoms. The van der Waals surface area contributed by atoms with Gasteiger partial charge in [-0.1, -0.05) is 18.2 Å². The highest BCUT2D eigenvalue weighted by molar-refractivity contribution is 5.89. The lowest BCUT2D eigenvalue weighted by Gasteiger charge is -2.47. The molecule has 9 heteroatoms. The molecule has 1 fully saturated rings. The minimum absolute atomic E-state index is 0.0310. The zero-order chi connectivity index (χ0) is 16.5. The van der Waals surface area contributed by atoms with Gasteiger partial charge >= 0.3 is 11.9 Å². The molecule has 0 unspecified atom stereocenters. The van der Waals surface area contributed by atoms with Crippen LogP contribution in [0.2, 0.25) is 0 Å². The van der Waals surface area contributed by atoms with E-state index in [4.69, 9.17) is 5.11 Å². The van der Waals surface area contributed by atoms with Crippen LogP contribution in [0.25, 0.3) is 0 Å². The third kappa shape index (κ3) is 2.71. The highest BCUT2D eigenvalue weighted by Crippen LogP contribution is 2.36. The molecule has 0 amide bonds. The van der Waals surface area contributed by atoms with Crippen LogP contribution in [0, 0.1) is 0 Å². The van der Waals surface area contributed by atoms with Gasteiger partial charge in [0, 0.05) is 0 Å². The molecule has 1 aliphatic heterocycles. The van der Waals surface area contributed by atoms with Crippen LogP contribution in [0.1, 0.15) is 10.4 Å². The van der Waals surface area contributed by atoms with E-state index in [0.717, 1.165) is 0 Å². The first-order valence-corrected chi connectivity index (χ1v) is 6.33. The van der Waals surface area contributed by atoms with Gasteiger partial charge in [-0.25, -0.2) is 4.79 Å². The van der Waals surface area contributed by atoms with Crippen LogP contribution < -0.4 is 0 Å². The van der Waals surface area contributed by atoms with Crippen LogP contribution >= 0.6 is 0 Å². The van der Waals surface area contributed by atoms with Crippen molar-refractivity contribution in [1.29, 1.82) is 0 Å². The van der Waals surface area contributed by atoms with Crippen LogP contribution in [0.15, 0.2) is 30.3 Å². The molecule has 1 heterocycles. The number of aliphatic hydroxyl groups is 6. The summed E-state index contributed by atoms with van der Waals surface area (Å²) >= 11 is 0. The number of ether oxygens (including phenoxy) is 2. The SMILES string of the molecule is O=C(O[C@]1(O)O[C@H](CO)[C@@H](O)[C@H](O)C1(O)O)c1ccccc1. The van der Waals surface area contributed by atoms with E-state index in [9.17, 15) is 30.3 Å². The normalized spacial score (nSPS) is 34.2. The van der Waals surface area contributed by atoms with Crippen molar-refractivity contribution in [2.45, 2.75) is 30.1 Å². The van der Waals surface area contributed by atoms with E-state index in [1.807, 2.05) is 0 Å². The van der Waals surface area contributed by atoms with Crippen molar-refractivity contribution in [3.05, 3.63) is 35.9 Å². The molecule has 122 valence electrons. The Bertz CT molecular complexity index is 532. The van der Waals surface area contributed by atoms with Gasteiger partial charge in [-0.2, -0.15) is 0 Å². The molecule has 1 aromatic rings. The van der Waals surface area contributed by atoms with Crippen molar-refractivity contribution < 1.29 is 44.9 Å². The second-order valence-electron chi connectivity index (χ2n) is 4.84. The Kier molecular flexibility index (Phi) is 4.49. The molecule has 0 aliphatic carbocycles. The van der Waals surface area contributed by atoms with Crippen molar-refractivity contribution in [3.8, 4) is 0 Å². The summed E-state index contributed by atoms with van der Waals surface area (Å²) in [5, 5.41) is 57.8. The van der Waals surface area contributed by atoms with Gasteiger partial charge in [-0.15, -0.1) is 0 Å². The molecule has 1 saturated heterocycles. The van der Waals surface area contributed by atoms with Gasteiger partial charge < -0.3 is 40.1 Å². The number of esters is 1. The fourth-order valence-corrected chi connectivity index (χ4v) is 1.99. The number of carbonyl (C=O) groups excluding carboxylic acids is 1. The van der Waals surface area contributed by atoms with Crippen LogP contribution in [-0.4, -0.2) is 73.3 Å². The molecule has 2 rings (SSSR count). The highest BCUT2D eigenvalue weighted by atomic mass is 16.9. The molecule has 0 radical (unpaired) electrons. The average molecular weight is 316 g/mol. The second-order valence-corrected chi connectivity index (χ2v) is 4.84. The topological polar surface area (TPSA) is 157 Å². The van der Waals surface area contributed by atoms with Crippen molar-refractivity contribution in [2.24, 2.45) is 0 Å². The zero-order valence-electron chi connectivity index (χ0n) is 11.2. The summed E-state index contributed by atoms with van der Waals surface area (Å²) in [5.41, 5.74) is -0.0310. The maximum Gasteiger partial charge on any atom is 0.387 e. The monoisotopic (exact) mass is 316 g/mol. The first kappa shape index (κ1) is 16.8. The van der Waals surface area contributed by atoms with E-state index >= 15 is 0 Å². The van der Waals surface area contributed by atoms with Crippen molar-refractivity contribution in [1.82, 2.24) is 0 Å². The number of hydrogen-bond donors (Lipinski definition) is 6. The summed E-state index contributed by atoms with van der Waals surface area (Å²) in [5.74, 6) is -8.06. The fraction of sp³-hybridized carbons (Fsp3) is 0.462. The van der Waals surface area contributed by atoms with Crippen molar-refractivity contribution >= 4 is 5.97 Å². The predicted octanol–water partition coefficient (Wildman–Crippen LogP) is -2.72. The number of carbonyl (C=O) groups is 1. The van der Waals surface area contributed by atoms with Crippen LogP contribution in [-0.2, 0) is 9.47 Å². The third-order valence-corrected chi connectivity index (χ3v) is 3.31. The Morgan fingerprint density at radius 3 is 2.32 bits per heavy atom. The summed E-state index contributed by atoms with van der Waals surface area (Å²) < 4.78 is 9.21. The standard InChI is InChI=1S/C13H16O9/c14-6-8-9(15)10(16)12(18,19)13(20,21-8)22-11(17)7-4-2-1-3-5-7/h1-5,8-10,14-16,18-20H,6H2/t8-,9-,10+,13-/m1/s1. The molecular weight excluding hydrogens is 300 g/mol. The lowest BCUT2D eigenvalue weighted by molar-refractivity contribution is -0.510. The molecule has 1 aromatic carbocycles. The van der Waals surface area contributed by atoms with Gasteiger partial charge in [0.25, 0.3) is 5.79 Å². The van der Waals surface area contributed by atoms with Gasteiger partial charge in [0.1, 0.15) is 18.3 Å². The minimum atomic E-state index is -3.51. The number of benzene rings is 1. The molecule has 0 saturated carbocycles. The number of hydrogen-bond acceptors (Lipinski definition) is 9. The number of aliphatic hydroxyl groups excluding tert-OH is 3. The third-order valence-electron chi connectivity index (χ3n) is 3.31. The summed E-state index contributed by atoms with van der Waals surface area (Å²) in [4.78, 5) is 11.9. The first-order chi connectivity index (χ1) is 10.2. The second kappa shape index (κ2) is 5.89. The van der Waals surface area contributed by atoms with E-state index in [1.165, 1.54) is 24.3 Å². The zero-order valence-corrected chi connectivity index (χ0v) is 11.2. The Balaban J connectivity index is 2.28. The summed E-state index contributed by atoms with van der Waals surface area (Å²) in [6.07, 6.45) is -5.88. The summed E-state index contributed by atoms with van der Waals surface area (Å²) in [6, 6.07) is 7.29. The van der Waals surface area contributed by atoms with Crippen molar-refractivity contribution in [2.75, 3.05) is 6.61 Å². The van der Waals surface area contributed by atoms with E-state index < -0.39 is 42.6 Å². The van der Waals surface area contributed by atoms with Gasteiger partial charge in [-0.05, 0) is 12.1 Å². The Morgan fingerprint density at radius 2 is 1.77 bits per heavy atom. The van der Waals surface area contributed by atoms with E-state index in [2.05, 4.69) is 9.47 Å². The smallest absolute Gasteiger partial charge is 0.387 e. The van der Waals surface area contributed by atoms with E-state index in [1.54, 1.807) is 6.07 Å². The quantitative estimate of drug-likeness (QED) is 0.257. The maximum absolute atomic E-state index is 11.9. The van der Waals surface area contributed by atoms with E-state index in [0.29, 0.717) is 0 Å². The Morgan fingerprint density at radius 1 is 1.18 bits per heavy atom. The van der Waals surface area contributed by atoms with Crippen LogP contribution in [0.4, 0.5) is 0 Å². The Hall–Kier alpha value is -1.59.